The van der Waals surface area contributed by atoms with Gasteiger partial charge < -0.3 is 19.5 Å². The average molecular weight is 590 g/mol. The molecule has 0 atom stereocenters. The van der Waals surface area contributed by atoms with Gasteiger partial charge in [-0.2, -0.15) is 4.31 Å². The molecule has 0 spiro atoms. The third kappa shape index (κ3) is 7.94. The summed E-state index contributed by atoms with van der Waals surface area (Å²) < 4.78 is 69.2. The molecular formula is C27H31N3O8S2. The third-order valence-electron chi connectivity index (χ3n) is 5.92. The van der Waals surface area contributed by atoms with Crippen molar-refractivity contribution in [2.45, 2.75) is 4.90 Å². The summed E-state index contributed by atoms with van der Waals surface area (Å²) in [5.41, 5.74) is 0.321. The average Bonchev–Trinajstić information content (AvgIpc) is 2.95. The minimum atomic E-state index is -3.74. The van der Waals surface area contributed by atoms with E-state index in [1.807, 2.05) is 18.2 Å². The number of hydrogen-bond acceptors (Lipinski definition) is 8. The van der Waals surface area contributed by atoms with Gasteiger partial charge in [-0.3, -0.25) is 9.10 Å². The van der Waals surface area contributed by atoms with E-state index in [2.05, 4.69) is 5.32 Å². The van der Waals surface area contributed by atoms with E-state index >= 15 is 0 Å². The van der Waals surface area contributed by atoms with Crippen LogP contribution in [0.15, 0.2) is 83.8 Å². The highest BCUT2D eigenvalue weighted by molar-refractivity contribution is 7.92. The summed E-state index contributed by atoms with van der Waals surface area (Å²) in [7, 11) is -7.34. The molecule has 3 aromatic carbocycles. The predicted octanol–water partition coefficient (Wildman–Crippen LogP) is 2.46. The minimum Gasteiger partial charge on any atom is -0.492 e. The Morgan fingerprint density at radius 2 is 1.48 bits per heavy atom. The zero-order valence-corrected chi connectivity index (χ0v) is 23.6. The van der Waals surface area contributed by atoms with Gasteiger partial charge in [0.1, 0.15) is 30.4 Å². The second kappa shape index (κ2) is 13.1. The lowest BCUT2D eigenvalue weighted by Crippen LogP contribution is -2.41. The SMILES string of the molecule is CS(=O)(=O)N(CC(=O)NCCOc1ccc(S(=O)(=O)N2CCOCC2)cc1)c1ccc(Oc2ccccc2)cc1. The summed E-state index contributed by atoms with van der Waals surface area (Å²) in [5.74, 6) is 1.10. The second-order valence-electron chi connectivity index (χ2n) is 8.86. The highest BCUT2D eigenvalue weighted by Crippen LogP contribution is 2.25. The molecule has 0 aliphatic carbocycles. The van der Waals surface area contributed by atoms with Crippen molar-refractivity contribution in [3.63, 3.8) is 0 Å². The first-order valence-corrected chi connectivity index (χ1v) is 15.8. The van der Waals surface area contributed by atoms with Crippen LogP contribution in [0.2, 0.25) is 0 Å². The molecule has 1 N–H and O–H groups in total. The van der Waals surface area contributed by atoms with Crippen molar-refractivity contribution in [1.29, 1.82) is 0 Å². The van der Waals surface area contributed by atoms with Crippen LogP contribution in [0.5, 0.6) is 17.2 Å². The van der Waals surface area contributed by atoms with E-state index in [0.29, 0.717) is 49.2 Å². The van der Waals surface area contributed by atoms with Crippen molar-refractivity contribution >= 4 is 31.6 Å². The molecule has 0 radical (unpaired) electrons. The van der Waals surface area contributed by atoms with Gasteiger partial charge in [0.25, 0.3) is 0 Å². The zero-order chi connectivity index (χ0) is 28.6. The molecule has 1 heterocycles. The molecular weight excluding hydrogens is 558 g/mol. The summed E-state index contributed by atoms with van der Waals surface area (Å²) in [4.78, 5) is 12.7. The molecule has 3 aromatic rings. The molecule has 1 amide bonds. The van der Waals surface area contributed by atoms with Gasteiger partial charge in [0.15, 0.2) is 0 Å². The van der Waals surface area contributed by atoms with E-state index in [4.69, 9.17) is 14.2 Å². The van der Waals surface area contributed by atoms with E-state index < -0.39 is 32.5 Å². The number of carbonyl (C=O) groups excluding carboxylic acids is 1. The first-order valence-electron chi connectivity index (χ1n) is 12.5. The van der Waals surface area contributed by atoms with E-state index in [1.165, 1.54) is 16.4 Å². The van der Waals surface area contributed by atoms with Gasteiger partial charge in [0, 0.05) is 13.1 Å². The number of sulfonamides is 2. The minimum absolute atomic E-state index is 0.103. The Kier molecular flexibility index (Phi) is 9.63. The number of nitrogens with one attached hydrogen (secondary N) is 1. The molecule has 0 saturated carbocycles. The molecule has 11 nitrogen and oxygen atoms in total. The van der Waals surface area contributed by atoms with Crippen molar-refractivity contribution in [2.75, 3.05) is 56.6 Å². The van der Waals surface area contributed by atoms with Crippen LogP contribution < -0.4 is 19.1 Å². The largest absolute Gasteiger partial charge is 0.492 e. The molecule has 13 heteroatoms. The standard InChI is InChI=1S/C27H31N3O8S2/c1-39(32,33)30(22-7-9-25(10-8-22)38-24-5-3-2-4-6-24)21-27(31)28-15-18-37-23-11-13-26(14-12-23)40(34,35)29-16-19-36-20-17-29/h2-14H,15-21H2,1H3,(H,28,31). The number of para-hydroxylation sites is 1. The number of amides is 1. The van der Waals surface area contributed by atoms with Gasteiger partial charge in [-0.25, -0.2) is 16.8 Å². The molecule has 40 heavy (non-hydrogen) atoms. The molecule has 214 valence electrons. The van der Waals surface area contributed by atoms with Crippen LogP contribution in [-0.2, 0) is 29.6 Å². The number of ether oxygens (including phenoxy) is 3. The fourth-order valence-corrected chi connectivity index (χ4v) is 6.16. The molecule has 0 bridgehead atoms. The Hall–Kier alpha value is -3.65. The van der Waals surface area contributed by atoms with Crippen LogP contribution in [0.4, 0.5) is 5.69 Å². The molecule has 1 saturated heterocycles. The number of nitrogens with zero attached hydrogens (tertiary/aromatic N) is 2. The Morgan fingerprint density at radius 3 is 2.10 bits per heavy atom. The monoisotopic (exact) mass is 589 g/mol. The lowest BCUT2D eigenvalue weighted by atomic mass is 10.3. The molecule has 0 unspecified atom stereocenters. The number of benzene rings is 3. The Bertz CT molecular complexity index is 1470. The van der Waals surface area contributed by atoms with E-state index in [0.717, 1.165) is 10.6 Å². The Morgan fingerprint density at radius 1 is 0.875 bits per heavy atom. The number of carbonyl (C=O) groups is 1. The van der Waals surface area contributed by atoms with Crippen molar-refractivity contribution < 1.29 is 35.8 Å². The van der Waals surface area contributed by atoms with Crippen LogP contribution >= 0.6 is 0 Å². The van der Waals surface area contributed by atoms with Gasteiger partial charge in [-0.1, -0.05) is 18.2 Å². The highest BCUT2D eigenvalue weighted by Gasteiger charge is 2.26. The Labute approximate surface area is 234 Å². The van der Waals surface area contributed by atoms with Crippen LogP contribution in [-0.4, -0.2) is 79.3 Å². The lowest BCUT2D eigenvalue weighted by Gasteiger charge is -2.26. The Balaban J connectivity index is 1.26. The van der Waals surface area contributed by atoms with Gasteiger partial charge in [-0.05, 0) is 60.7 Å². The normalized spacial score (nSPS) is 14.3. The number of hydrogen-bond donors (Lipinski definition) is 1. The molecule has 1 fully saturated rings. The summed E-state index contributed by atoms with van der Waals surface area (Å²) in [6.45, 7) is 1.16. The van der Waals surface area contributed by atoms with E-state index in [9.17, 15) is 21.6 Å². The first kappa shape index (κ1) is 29.3. The molecule has 1 aliphatic rings. The summed E-state index contributed by atoms with van der Waals surface area (Å²) in [6, 6.07) is 21.6. The number of rotatable bonds is 12. The van der Waals surface area contributed by atoms with E-state index in [-0.39, 0.29) is 18.0 Å². The van der Waals surface area contributed by atoms with Gasteiger partial charge >= 0.3 is 0 Å². The van der Waals surface area contributed by atoms with Crippen LogP contribution in [0.25, 0.3) is 0 Å². The summed E-state index contributed by atoms with van der Waals surface area (Å²) in [6.07, 6.45) is 1.03. The van der Waals surface area contributed by atoms with Crippen molar-refractivity contribution in [2.24, 2.45) is 0 Å². The summed E-state index contributed by atoms with van der Waals surface area (Å²) >= 11 is 0. The van der Waals surface area contributed by atoms with E-state index in [1.54, 1.807) is 48.5 Å². The van der Waals surface area contributed by atoms with Crippen LogP contribution in [0, 0.1) is 0 Å². The van der Waals surface area contributed by atoms with Gasteiger partial charge in [-0.15, -0.1) is 0 Å². The smallest absolute Gasteiger partial charge is 0.243 e. The predicted molar refractivity (Wildman–Crippen MR) is 150 cm³/mol. The molecule has 4 rings (SSSR count). The topological polar surface area (TPSA) is 132 Å². The quantitative estimate of drug-likeness (QED) is 0.319. The number of morpholine rings is 1. The maximum Gasteiger partial charge on any atom is 0.243 e. The summed E-state index contributed by atoms with van der Waals surface area (Å²) in [5, 5.41) is 2.64. The van der Waals surface area contributed by atoms with Gasteiger partial charge in [0.2, 0.25) is 26.0 Å². The van der Waals surface area contributed by atoms with Crippen molar-refractivity contribution in [3.05, 3.63) is 78.9 Å². The maximum absolute atomic E-state index is 12.7. The molecule has 1 aliphatic heterocycles. The third-order valence-corrected chi connectivity index (χ3v) is 8.97. The second-order valence-corrected chi connectivity index (χ2v) is 12.7. The van der Waals surface area contributed by atoms with Crippen LogP contribution in [0.1, 0.15) is 0 Å². The number of anilines is 1. The maximum atomic E-state index is 12.7. The van der Waals surface area contributed by atoms with Gasteiger partial charge in [0.05, 0.1) is 36.6 Å². The first-order chi connectivity index (χ1) is 19.1. The highest BCUT2D eigenvalue weighted by atomic mass is 32.2. The fraction of sp³-hybridized carbons (Fsp3) is 0.296. The van der Waals surface area contributed by atoms with Crippen molar-refractivity contribution in [1.82, 2.24) is 9.62 Å². The van der Waals surface area contributed by atoms with Crippen molar-refractivity contribution in [3.8, 4) is 17.2 Å². The fourth-order valence-electron chi connectivity index (χ4n) is 3.89. The lowest BCUT2D eigenvalue weighted by molar-refractivity contribution is -0.119. The van der Waals surface area contributed by atoms with Crippen LogP contribution in [0.3, 0.4) is 0 Å². The molecule has 0 aromatic heterocycles. The zero-order valence-electron chi connectivity index (χ0n) is 21.9.